The molecule has 0 amide bonds. The van der Waals surface area contributed by atoms with Gasteiger partial charge in [0.2, 0.25) is 0 Å². The quantitative estimate of drug-likeness (QED) is 0.671. The monoisotopic (exact) mass is 323 g/mol. The Kier molecular flexibility index (Phi) is 2.30. The second kappa shape index (κ2) is 1.82. The Morgan fingerprint density at radius 1 is 1.00 bits per heavy atom. The number of nitrogens with zero attached hydrogens (tertiary/aromatic N) is 1. The zero-order chi connectivity index (χ0) is 7.12. The molecule has 0 bridgehead atoms. The van der Waals surface area contributed by atoms with E-state index in [9.17, 15) is 0 Å². The summed E-state index contributed by atoms with van der Waals surface area (Å²) in [7, 11) is 20.7. The maximum absolute atomic E-state index is 5.30. The second-order valence-electron chi connectivity index (χ2n) is 0.868. The normalized spacial score (nSPS) is 21.1. The molecule has 0 radical (unpaired) electrons. The summed E-state index contributed by atoms with van der Waals surface area (Å²) in [4.78, 5) is 0. The first-order valence-corrected chi connectivity index (χ1v) is 13.3. The van der Waals surface area contributed by atoms with Gasteiger partial charge in [0.1, 0.15) is 0 Å². The fourth-order valence-corrected chi connectivity index (χ4v) is 0. The van der Waals surface area contributed by atoms with Gasteiger partial charge in [0.25, 0.3) is 0 Å². The van der Waals surface area contributed by atoms with Crippen LogP contribution in [0.5, 0.6) is 0 Å². The molecule has 0 aliphatic rings. The first kappa shape index (κ1) is 10.1. The number of hydrogen-bond acceptors (Lipinski definition) is 2. The molecule has 0 fully saturated rings. The Bertz CT molecular complexity index is 116. The molecule has 0 aromatic heterocycles. The van der Waals surface area contributed by atoms with Gasteiger partial charge in [0, 0.05) is 0 Å². The van der Waals surface area contributed by atoms with E-state index < -0.39 is 7.71 Å². The van der Waals surface area contributed by atoms with Crippen molar-refractivity contribution in [2.45, 2.75) is 0 Å². The summed E-state index contributed by atoms with van der Waals surface area (Å²) in [5.41, 5.74) is 0. The Hall–Kier alpha value is 2.09. The molecule has 0 spiro atoms. The van der Waals surface area contributed by atoms with Gasteiger partial charge in [-0.15, -0.1) is 0 Å². The predicted molar refractivity (Wildman–Crippen MR) is 39.1 cm³/mol. The van der Waals surface area contributed by atoms with Crippen molar-refractivity contribution in [3.8, 4) is 0 Å². The van der Waals surface area contributed by atoms with Crippen molar-refractivity contribution >= 4 is 60.9 Å². The van der Waals surface area contributed by atoms with E-state index in [0.717, 1.165) is 0 Å². The summed E-state index contributed by atoms with van der Waals surface area (Å²) in [5, 5.41) is 0. The van der Waals surface area contributed by atoms with E-state index in [-0.39, 0.29) is 0 Å². The zero-order valence-electron chi connectivity index (χ0n) is 3.10. The Balaban J connectivity index is 4.77. The minimum absolute atomic E-state index is 2.87. The Morgan fingerprint density at radius 2 is 1.12 bits per heavy atom. The number of halogens is 5. The van der Waals surface area contributed by atoms with Crippen molar-refractivity contribution in [1.82, 2.24) is 0 Å². The predicted octanol–water partition coefficient (Wildman–Crippen LogP) is 3.63. The Labute approximate surface area is 70.9 Å². The zero-order valence-corrected chi connectivity index (χ0v) is 9.43. The summed E-state index contributed by atoms with van der Waals surface area (Å²) >= 11 is 4.06. The molecule has 0 aliphatic carbocycles. The van der Waals surface area contributed by atoms with Crippen LogP contribution in [-0.2, 0) is 20.1 Å². The van der Waals surface area contributed by atoms with Crippen LogP contribution in [0.4, 0.5) is 0 Å². The van der Waals surface area contributed by atoms with E-state index in [1.54, 1.807) is 0 Å². The van der Waals surface area contributed by atoms with Crippen LogP contribution in [0.2, 0.25) is 0 Å². The van der Waals surface area contributed by atoms with Crippen LogP contribution >= 0.6 is 48.5 Å². The molecule has 0 saturated carbocycles. The summed E-state index contributed by atoms with van der Waals surface area (Å²) < 4.78 is 2.87. The standard InChI is InChI=1S/5ClH.NS.Ru/c;;;;;1-2;/h5*1H;;/q;;;;;-1;+6/p-5. The third-order valence-corrected chi connectivity index (χ3v) is 6.50. The van der Waals surface area contributed by atoms with E-state index in [1.807, 2.05) is 0 Å². The molecule has 0 heterocycles. The van der Waals surface area contributed by atoms with Gasteiger partial charge < -0.3 is 0 Å². The van der Waals surface area contributed by atoms with Crippen molar-refractivity contribution in [1.29, 1.82) is 0 Å². The number of rotatable bonds is 1. The van der Waals surface area contributed by atoms with Crippen molar-refractivity contribution in [3.63, 3.8) is 0 Å². The molecule has 54 valence electrons. The molecule has 0 unspecified atom stereocenters. The first-order valence-electron chi connectivity index (χ1n) is 1.01. The summed E-state index contributed by atoms with van der Waals surface area (Å²) in [6, 6.07) is 0. The molecule has 0 aliphatic heterocycles. The average molecular weight is 324 g/mol. The van der Waals surface area contributed by atoms with Crippen molar-refractivity contribution in [2.24, 2.45) is 3.11 Å². The number of hydrogen-bond donors (Lipinski definition) is 0. The fraction of sp³-hybridized carbons (Fsp3) is 0. The van der Waals surface area contributed by atoms with Crippen LogP contribution < -0.4 is 0 Å². The van der Waals surface area contributed by atoms with Crippen LogP contribution in [0.25, 0.3) is 0 Å². The maximum atomic E-state index is 5.20. The summed E-state index contributed by atoms with van der Waals surface area (Å²) in [5.74, 6) is 0. The molecular formula is Cl5NRuS. The molecule has 0 N–H and O–H groups in total. The van der Waals surface area contributed by atoms with Crippen LogP contribution in [0.1, 0.15) is 0 Å². The van der Waals surface area contributed by atoms with Crippen molar-refractivity contribution in [3.05, 3.63) is 0 Å². The van der Waals surface area contributed by atoms with Gasteiger partial charge >= 0.3 is 71.7 Å². The average Bonchev–Trinajstić information content (AvgIpc) is 1.30. The van der Waals surface area contributed by atoms with Gasteiger partial charge in [0.05, 0.1) is 0 Å². The molecule has 8 heavy (non-hydrogen) atoms. The molecule has 8 heteroatoms. The van der Waals surface area contributed by atoms with Crippen LogP contribution in [-0.4, -0.2) is 0 Å². The van der Waals surface area contributed by atoms with E-state index in [1.165, 1.54) is 0 Å². The molecule has 0 rings (SSSR count). The van der Waals surface area contributed by atoms with Gasteiger partial charge in [-0.2, -0.15) is 0 Å². The fourth-order valence-electron chi connectivity index (χ4n) is 0. The SMILES string of the molecule is S=[N][Ru]([Cl])([Cl])([Cl])([Cl])[Cl]. The third-order valence-electron chi connectivity index (χ3n) is 0.122. The molecule has 0 aromatic carbocycles. The first-order chi connectivity index (χ1) is 3.04. The van der Waals surface area contributed by atoms with Gasteiger partial charge in [0.15, 0.2) is 0 Å². The van der Waals surface area contributed by atoms with E-state index >= 15 is 0 Å². The van der Waals surface area contributed by atoms with Crippen molar-refractivity contribution in [2.75, 3.05) is 0 Å². The molecule has 0 atom stereocenters. The van der Waals surface area contributed by atoms with Crippen LogP contribution in [0.3, 0.4) is 0 Å². The van der Waals surface area contributed by atoms with Gasteiger partial charge in [-0.05, 0) is 0 Å². The summed E-state index contributed by atoms with van der Waals surface area (Å²) in [6.07, 6.45) is 0. The van der Waals surface area contributed by atoms with E-state index in [2.05, 4.69) is 15.5 Å². The molecular weight excluding hydrogens is 324 g/mol. The molecule has 0 aromatic rings. The topological polar surface area (TPSA) is 12.4 Å². The van der Waals surface area contributed by atoms with E-state index in [0.29, 0.717) is 0 Å². The molecule has 1 nitrogen and oxygen atoms in total. The third kappa shape index (κ3) is 8.09. The summed E-state index contributed by atoms with van der Waals surface area (Å²) in [6.45, 7) is 0. The van der Waals surface area contributed by atoms with Gasteiger partial charge in [-0.3, -0.25) is 0 Å². The minimum atomic E-state index is -5.30. The van der Waals surface area contributed by atoms with Crippen LogP contribution in [0, 0.1) is 0 Å². The van der Waals surface area contributed by atoms with Gasteiger partial charge in [-0.1, -0.05) is 0 Å². The second-order valence-corrected chi connectivity index (χ2v) is 33.3. The Morgan fingerprint density at radius 3 is 1.12 bits per heavy atom. The van der Waals surface area contributed by atoms with Crippen LogP contribution in [0.15, 0.2) is 3.11 Å². The van der Waals surface area contributed by atoms with Gasteiger partial charge in [-0.25, -0.2) is 0 Å². The van der Waals surface area contributed by atoms with E-state index in [4.69, 9.17) is 48.5 Å². The molecule has 0 saturated heterocycles. The van der Waals surface area contributed by atoms with Crippen molar-refractivity contribution < 1.29 is 7.71 Å².